The number of rotatable bonds is 4. The van der Waals surface area contributed by atoms with Crippen LogP contribution in [0.1, 0.15) is 74.9 Å². The van der Waals surface area contributed by atoms with Gasteiger partial charge >= 0.3 is 0 Å². The summed E-state index contributed by atoms with van der Waals surface area (Å²) in [5.74, 6) is 0. The first-order chi connectivity index (χ1) is 31.0. The van der Waals surface area contributed by atoms with Gasteiger partial charge in [-0.05, 0) is 183 Å². The van der Waals surface area contributed by atoms with Crippen LogP contribution >= 0.6 is 0 Å². The van der Waals surface area contributed by atoms with Gasteiger partial charge in [-0.3, -0.25) is 0 Å². The van der Waals surface area contributed by atoms with E-state index in [1.165, 1.54) is 110 Å². The second kappa shape index (κ2) is 12.9. The Morgan fingerprint density at radius 2 is 0.750 bits per heavy atom. The third kappa shape index (κ3) is 5.13. The van der Waals surface area contributed by atoms with Crippen molar-refractivity contribution in [2.75, 3.05) is 4.90 Å². The third-order valence-corrected chi connectivity index (χ3v) is 15.6. The molecule has 0 saturated heterocycles. The molecular formula is C63H49N. The van der Waals surface area contributed by atoms with Crippen LogP contribution < -0.4 is 4.90 Å². The van der Waals surface area contributed by atoms with Crippen LogP contribution in [-0.4, -0.2) is 0 Å². The first kappa shape index (κ1) is 37.3. The Bertz CT molecular complexity index is 3620. The van der Waals surface area contributed by atoms with Crippen molar-refractivity contribution in [2.24, 2.45) is 0 Å². The summed E-state index contributed by atoms with van der Waals surface area (Å²) in [7, 11) is 0. The number of benzene rings is 10. The van der Waals surface area contributed by atoms with Crippen molar-refractivity contribution in [1.82, 2.24) is 0 Å². The first-order valence-corrected chi connectivity index (χ1v) is 22.9. The number of hydrogen-bond acceptors (Lipinski definition) is 1. The summed E-state index contributed by atoms with van der Waals surface area (Å²) in [5.41, 5.74) is 22.1. The lowest BCUT2D eigenvalue weighted by molar-refractivity contribution is 0.652. The summed E-state index contributed by atoms with van der Waals surface area (Å²) >= 11 is 0. The zero-order valence-corrected chi connectivity index (χ0v) is 37.3. The minimum absolute atomic E-state index is 0.0956. The molecule has 0 atom stereocenters. The van der Waals surface area contributed by atoms with E-state index in [4.69, 9.17) is 0 Å². The SMILES string of the molecule is CC1(C)c2cc(N(c3ccc(-c4ccccc4)cc3)c3ccc4cc5c(cc4c3)C(C)(C)c3cc4ccccc4cc3-5)ccc2-c2cc3c(cc21)-c1c(ccc2ccccc12)C3(C)C. The van der Waals surface area contributed by atoms with E-state index in [-0.39, 0.29) is 16.2 Å². The zero-order chi connectivity index (χ0) is 43.3. The van der Waals surface area contributed by atoms with Gasteiger partial charge < -0.3 is 4.90 Å². The van der Waals surface area contributed by atoms with E-state index in [9.17, 15) is 0 Å². The molecule has 0 aliphatic heterocycles. The highest BCUT2D eigenvalue weighted by Gasteiger charge is 2.43. The molecular weight excluding hydrogens is 771 g/mol. The average molecular weight is 820 g/mol. The van der Waals surface area contributed by atoms with Crippen LogP contribution in [0.5, 0.6) is 0 Å². The van der Waals surface area contributed by atoms with Crippen LogP contribution in [0.2, 0.25) is 0 Å². The Hall–Kier alpha value is -7.22. The van der Waals surface area contributed by atoms with Crippen molar-refractivity contribution >= 4 is 49.4 Å². The van der Waals surface area contributed by atoms with E-state index < -0.39 is 0 Å². The maximum atomic E-state index is 2.55. The number of fused-ring (bicyclic) bond motifs is 13. The van der Waals surface area contributed by atoms with Gasteiger partial charge in [-0.25, -0.2) is 0 Å². The average Bonchev–Trinajstić information content (AvgIpc) is 3.78. The quantitative estimate of drug-likeness (QED) is 0.171. The van der Waals surface area contributed by atoms with Crippen molar-refractivity contribution in [2.45, 2.75) is 57.8 Å². The van der Waals surface area contributed by atoms with Gasteiger partial charge in [-0.15, -0.1) is 0 Å². The molecule has 0 amide bonds. The van der Waals surface area contributed by atoms with E-state index in [1.807, 2.05) is 0 Å². The van der Waals surface area contributed by atoms with Gasteiger partial charge in [0.05, 0.1) is 0 Å². The molecule has 0 bridgehead atoms. The molecule has 0 heterocycles. The van der Waals surface area contributed by atoms with Crippen molar-refractivity contribution < 1.29 is 0 Å². The monoisotopic (exact) mass is 819 g/mol. The van der Waals surface area contributed by atoms with E-state index >= 15 is 0 Å². The smallest absolute Gasteiger partial charge is 0.0468 e. The van der Waals surface area contributed by atoms with Gasteiger partial charge in [0.15, 0.2) is 0 Å². The maximum absolute atomic E-state index is 2.55. The summed E-state index contributed by atoms with van der Waals surface area (Å²) in [4.78, 5) is 2.47. The van der Waals surface area contributed by atoms with Gasteiger partial charge in [0.2, 0.25) is 0 Å². The lowest BCUT2D eigenvalue weighted by atomic mass is 9.79. The maximum Gasteiger partial charge on any atom is 0.0468 e. The highest BCUT2D eigenvalue weighted by molar-refractivity contribution is 6.04. The number of nitrogens with zero attached hydrogens (tertiary/aromatic N) is 1. The predicted molar refractivity (Wildman–Crippen MR) is 272 cm³/mol. The fourth-order valence-electron chi connectivity index (χ4n) is 12.0. The Morgan fingerprint density at radius 1 is 0.281 bits per heavy atom. The second-order valence-corrected chi connectivity index (χ2v) is 20.2. The van der Waals surface area contributed by atoms with Crippen molar-refractivity contribution in [3.05, 3.63) is 221 Å². The standard InChI is InChI=1S/C63H49N/c1-61(2)54-29-23-40-16-12-13-19-48(40)60(54)53-37-58-52(36-59(53)61)49-28-27-47(35-57(49)63(58,5)6)64(45-24-20-39(21-25-45)38-14-8-7-9-15-38)46-26-22-43-32-51-50-31-41-17-10-11-18-42(41)33-55(50)62(3,4)56(51)34-44(43)30-46/h7-37H,1-6H3. The van der Waals surface area contributed by atoms with Crippen molar-refractivity contribution in [1.29, 1.82) is 0 Å². The Morgan fingerprint density at radius 3 is 1.48 bits per heavy atom. The summed E-state index contributed by atoms with van der Waals surface area (Å²) in [6.07, 6.45) is 0. The molecule has 0 unspecified atom stereocenters. The highest BCUT2D eigenvalue weighted by Crippen LogP contribution is 2.58. The van der Waals surface area contributed by atoms with Gasteiger partial charge in [-0.1, -0.05) is 157 Å². The Kier molecular flexibility index (Phi) is 7.54. The molecule has 10 aromatic rings. The van der Waals surface area contributed by atoms with Gasteiger partial charge in [0.1, 0.15) is 0 Å². The minimum Gasteiger partial charge on any atom is -0.310 e. The molecule has 13 rings (SSSR count). The summed E-state index contributed by atoms with van der Waals surface area (Å²) in [6.45, 7) is 14.5. The third-order valence-electron chi connectivity index (χ3n) is 15.6. The molecule has 0 N–H and O–H groups in total. The van der Waals surface area contributed by atoms with Gasteiger partial charge in [-0.2, -0.15) is 0 Å². The molecule has 10 aromatic carbocycles. The van der Waals surface area contributed by atoms with Crippen molar-refractivity contribution in [3.8, 4) is 44.5 Å². The first-order valence-electron chi connectivity index (χ1n) is 22.9. The summed E-state index contributed by atoms with van der Waals surface area (Å²) in [6, 6.07) is 71.3. The normalized spacial score (nSPS) is 15.4. The van der Waals surface area contributed by atoms with Crippen LogP contribution in [0.25, 0.3) is 76.8 Å². The van der Waals surface area contributed by atoms with E-state index in [0.717, 1.165) is 17.1 Å². The minimum atomic E-state index is -0.203. The molecule has 0 saturated carbocycles. The lowest BCUT2D eigenvalue weighted by Crippen LogP contribution is -2.17. The Labute approximate surface area is 376 Å². The van der Waals surface area contributed by atoms with E-state index in [0.29, 0.717) is 0 Å². The van der Waals surface area contributed by atoms with Crippen LogP contribution in [0.3, 0.4) is 0 Å². The van der Waals surface area contributed by atoms with E-state index in [1.54, 1.807) is 0 Å². The van der Waals surface area contributed by atoms with E-state index in [2.05, 4.69) is 234 Å². The molecule has 0 aromatic heterocycles. The second-order valence-electron chi connectivity index (χ2n) is 20.2. The zero-order valence-electron chi connectivity index (χ0n) is 37.3. The molecule has 64 heavy (non-hydrogen) atoms. The van der Waals surface area contributed by atoms with Crippen LogP contribution in [-0.2, 0) is 16.2 Å². The van der Waals surface area contributed by atoms with Crippen molar-refractivity contribution in [3.63, 3.8) is 0 Å². The fraction of sp³-hybridized carbons (Fsp3) is 0.143. The van der Waals surface area contributed by atoms with Crippen LogP contribution in [0.4, 0.5) is 17.1 Å². The molecule has 1 nitrogen and oxygen atoms in total. The predicted octanol–water partition coefficient (Wildman–Crippen LogP) is 17.2. The Balaban J connectivity index is 0.959. The summed E-state index contributed by atoms with van der Waals surface area (Å²) < 4.78 is 0. The highest BCUT2D eigenvalue weighted by atomic mass is 15.1. The lowest BCUT2D eigenvalue weighted by Gasteiger charge is -2.29. The van der Waals surface area contributed by atoms with Gasteiger partial charge in [0.25, 0.3) is 0 Å². The van der Waals surface area contributed by atoms with Gasteiger partial charge in [0, 0.05) is 33.3 Å². The van der Waals surface area contributed by atoms with Crippen LogP contribution in [0, 0.1) is 0 Å². The molecule has 0 fully saturated rings. The molecule has 3 aliphatic carbocycles. The fourth-order valence-corrected chi connectivity index (χ4v) is 12.0. The molecule has 3 aliphatic rings. The molecule has 1 heteroatoms. The topological polar surface area (TPSA) is 3.24 Å². The molecule has 0 radical (unpaired) electrons. The number of hydrogen-bond donors (Lipinski definition) is 0. The summed E-state index contributed by atoms with van der Waals surface area (Å²) in [5, 5.41) is 7.76. The number of anilines is 3. The van der Waals surface area contributed by atoms with Crippen LogP contribution in [0.15, 0.2) is 188 Å². The largest absolute Gasteiger partial charge is 0.310 e. The molecule has 0 spiro atoms. The molecule has 306 valence electrons.